The quantitative estimate of drug-likeness (QED) is 0.895. The molecule has 2 aliphatic rings. The van der Waals surface area contributed by atoms with Gasteiger partial charge in [-0.1, -0.05) is 25.3 Å². The van der Waals surface area contributed by atoms with Crippen molar-refractivity contribution < 1.29 is 9.53 Å². The van der Waals surface area contributed by atoms with Crippen molar-refractivity contribution in [1.29, 1.82) is 0 Å². The molecular weight excluding hydrogens is 296 g/mol. The molecule has 1 aromatic heterocycles. The molecule has 3 rings (SSSR count). The van der Waals surface area contributed by atoms with E-state index in [9.17, 15) is 4.79 Å². The van der Waals surface area contributed by atoms with E-state index in [0.29, 0.717) is 6.61 Å². The third-order valence-electron chi connectivity index (χ3n) is 5.05. The normalized spacial score (nSPS) is 28.2. The summed E-state index contributed by atoms with van der Waals surface area (Å²) >= 11 is 1.82. The smallest absolute Gasteiger partial charge is 0.239 e. The van der Waals surface area contributed by atoms with Gasteiger partial charge in [0.25, 0.3) is 0 Å². The van der Waals surface area contributed by atoms with Crippen LogP contribution >= 0.6 is 11.3 Å². The Kier molecular flexibility index (Phi) is 5.16. The molecule has 1 amide bonds. The van der Waals surface area contributed by atoms with Gasteiger partial charge in [-0.25, -0.2) is 0 Å². The first-order valence-corrected chi connectivity index (χ1v) is 9.26. The Morgan fingerprint density at radius 1 is 1.45 bits per heavy atom. The fourth-order valence-corrected chi connectivity index (χ4v) is 4.70. The minimum atomic E-state index is -0.224. The largest absolute Gasteiger partial charge is 0.375 e. The van der Waals surface area contributed by atoms with Crippen LogP contribution in [0, 0.1) is 0 Å². The molecule has 2 fully saturated rings. The molecule has 0 radical (unpaired) electrons. The van der Waals surface area contributed by atoms with E-state index in [0.717, 1.165) is 13.1 Å². The summed E-state index contributed by atoms with van der Waals surface area (Å²) in [7, 11) is 0. The Hall–Kier alpha value is -0.910. The van der Waals surface area contributed by atoms with Crippen LogP contribution in [-0.4, -0.2) is 37.7 Å². The van der Waals surface area contributed by atoms with E-state index in [1.54, 1.807) is 0 Å². The average molecular weight is 322 g/mol. The molecule has 1 aliphatic heterocycles. The second kappa shape index (κ2) is 7.11. The number of carbonyl (C=O) groups is 1. The van der Waals surface area contributed by atoms with Gasteiger partial charge in [0.05, 0.1) is 12.7 Å². The predicted molar refractivity (Wildman–Crippen MR) is 89.3 cm³/mol. The van der Waals surface area contributed by atoms with E-state index in [1.165, 1.54) is 37.0 Å². The van der Waals surface area contributed by atoms with E-state index in [1.807, 2.05) is 18.3 Å². The van der Waals surface area contributed by atoms with E-state index in [4.69, 9.17) is 4.74 Å². The molecule has 2 atom stereocenters. The lowest BCUT2D eigenvalue weighted by Crippen LogP contribution is -2.57. The minimum Gasteiger partial charge on any atom is -0.375 e. The zero-order valence-electron chi connectivity index (χ0n) is 13.3. The molecule has 1 saturated carbocycles. The van der Waals surface area contributed by atoms with Gasteiger partial charge in [-0.2, -0.15) is 0 Å². The Labute approximate surface area is 136 Å². The maximum atomic E-state index is 12.5. The Morgan fingerprint density at radius 3 is 2.95 bits per heavy atom. The van der Waals surface area contributed by atoms with Crippen molar-refractivity contribution in [3.05, 3.63) is 22.4 Å². The molecule has 122 valence electrons. The third kappa shape index (κ3) is 3.36. The molecule has 0 unspecified atom stereocenters. The minimum absolute atomic E-state index is 0.0576. The van der Waals surface area contributed by atoms with Crippen molar-refractivity contribution in [2.45, 2.75) is 56.6 Å². The maximum Gasteiger partial charge on any atom is 0.239 e. The molecule has 0 spiro atoms. The van der Waals surface area contributed by atoms with Crippen LogP contribution in [0.1, 0.15) is 43.9 Å². The van der Waals surface area contributed by atoms with Crippen molar-refractivity contribution >= 4 is 17.2 Å². The lowest BCUT2D eigenvalue weighted by atomic mass is 9.73. The molecule has 2 heterocycles. The summed E-state index contributed by atoms with van der Waals surface area (Å²) in [6.45, 7) is 4.14. The maximum absolute atomic E-state index is 12.5. The molecule has 22 heavy (non-hydrogen) atoms. The van der Waals surface area contributed by atoms with Gasteiger partial charge in [0.15, 0.2) is 0 Å². The SMILES string of the molecule is C[C@H]1OCCN[C@@H]1C(=O)NCC1(c2cccs2)CCCCC1. The Balaban J connectivity index is 1.65. The molecular formula is C17H26N2O2S. The van der Waals surface area contributed by atoms with Gasteiger partial charge in [0.2, 0.25) is 5.91 Å². The van der Waals surface area contributed by atoms with E-state index < -0.39 is 0 Å². The number of amides is 1. The highest BCUT2D eigenvalue weighted by molar-refractivity contribution is 7.10. The van der Waals surface area contributed by atoms with Crippen LogP contribution in [-0.2, 0) is 14.9 Å². The summed E-state index contributed by atoms with van der Waals surface area (Å²) in [4.78, 5) is 13.9. The zero-order chi connectivity index (χ0) is 15.4. The second-order valence-electron chi connectivity index (χ2n) is 6.54. The number of carbonyl (C=O) groups excluding carboxylic acids is 1. The van der Waals surface area contributed by atoms with Gasteiger partial charge in [0, 0.05) is 23.4 Å². The van der Waals surface area contributed by atoms with E-state index >= 15 is 0 Å². The molecule has 1 aromatic rings. The second-order valence-corrected chi connectivity index (χ2v) is 7.49. The number of rotatable bonds is 4. The number of nitrogens with one attached hydrogen (secondary N) is 2. The summed E-state index contributed by atoms with van der Waals surface area (Å²) in [5, 5.41) is 8.62. The molecule has 5 heteroatoms. The topological polar surface area (TPSA) is 50.4 Å². The number of morpholine rings is 1. The van der Waals surface area contributed by atoms with Gasteiger partial charge in [-0.15, -0.1) is 11.3 Å². The summed E-state index contributed by atoms with van der Waals surface area (Å²) in [6.07, 6.45) is 6.13. The van der Waals surface area contributed by atoms with Crippen LogP contribution in [0.3, 0.4) is 0 Å². The summed E-state index contributed by atoms with van der Waals surface area (Å²) in [5.41, 5.74) is 0.140. The van der Waals surface area contributed by atoms with Crippen LogP contribution < -0.4 is 10.6 Å². The summed E-state index contributed by atoms with van der Waals surface area (Å²) in [6, 6.07) is 4.13. The van der Waals surface area contributed by atoms with Crippen LogP contribution in [0.15, 0.2) is 17.5 Å². The number of hydrogen-bond donors (Lipinski definition) is 2. The van der Waals surface area contributed by atoms with Gasteiger partial charge in [0.1, 0.15) is 6.04 Å². The number of hydrogen-bond acceptors (Lipinski definition) is 4. The summed E-state index contributed by atoms with van der Waals surface area (Å²) in [5.74, 6) is 0.0775. The Bertz CT molecular complexity index is 483. The van der Waals surface area contributed by atoms with Crippen molar-refractivity contribution in [2.24, 2.45) is 0 Å². The molecule has 0 aromatic carbocycles. The molecule has 1 aliphatic carbocycles. The average Bonchev–Trinajstić information content (AvgIpc) is 3.09. The molecule has 0 bridgehead atoms. The fraction of sp³-hybridized carbons (Fsp3) is 0.706. The lowest BCUT2D eigenvalue weighted by Gasteiger charge is -2.38. The first-order valence-electron chi connectivity index (χ1n) is 8.38. The van der Waals surface area contributed by atoms with Crippen LogP contribution in [0.25, 0.3) is 0 Å². The van der Waals surface area contributed by atoms with Gasteiger partial charge in [-0.3, -0.25) is 4.79 Å². The van der Waals surface area contributed by atoms with E-state index in [-0.39, 0.29) is 23.5 Å². The van der Waals surface area contributed by atoms with E-state index in [2.05, 4.69) is 28.1 Å². The highest BCUT2D eigenvalue weighted by Gasteiger charge is 2.36. The lowest BCUT2D eigenvalue weighted by molar-refractivity contribution is -0.129. The molecule has 2 N–H and O–H groups in total. The zero-order valence-corrected chi connectivity index (χ0v) is 14.1. The first kappa shape index (κ1) is 16.0. The standard InChI is InChI=1S/C17H26N2O2S/c1-13-15(18-9-10-21-13)16(20)19-12-17(7-3-2-4-8-17)14-6-5-11-22-14/h5-6,11,13,15,18H,2-4,7-10,12H2,1H3,(H,19,20)/t13-,15+/m1/s1. The third-order valence-corrected chi connectivity index (χ3v) is 6.17. The van der Waals surface area contributed by atoms with Crippen LogP contribution in [0.4, 0.5) is 0 Å². The van der Waals surface area contributed by atoms with Crippen LogP contribution in [0.2, 0.25) is 0 Å². The van der Waals surface area contributed by atoms with Crippen molar-refractivity contribution in [2.75, 3.05) is 19.7 Å². The van der Waals surface area contributed by atoms with Gasteiger partial charge >= 0.3 is 0 Å². The summed E-state index contributed by atoms with van der Waals surface area (Å²) < 4.78 is 5.58. The van der Waals surface area contributed by atoms with Gasteiger partial charge in [-0.05, 0) is 31.2 Å². The van der Waals surface area contributed by atoms with Crippen molar-refractivity contribution in [1.82, 2.24) is 10.6 Å². The predicted octanol–water partition coefficient (Wildman–Crippen LogP) is 2.44. The highest BCUT2D eigenvalue weighted by Crippen LogP contribution is 2.41. The number of thiophene rings is 1. The fourth-order valence-electron chi connectivity index (χ4n) is 3.71. The van der Waals surface area contributed by atoms with Crippen molar-refractivity contribution in [3.8, 4) is 0 Å². The molecule has 1 saturated heterocycles. The van der Waals surface area contributed by atoms with Gasteiger partial charge < -0.3 is 15.4 Å². The Morgan fingerprint density at radius 2 is 2.27 bits per heavy atom. The highest BCUT2D eigenvalue weighted by atomic mass is 32.1. The monoisotopic (exact) mass is 322 g/mol. The molecule has 4 nitrogen and oxygen atoms in total. The van der Waals surface area contributed by atoms with Crippen LogP contribution in [0.5, 0.6) is 0 Å². The first-order chi connectivity index (χ1) is 10.7. The number of ether oxygens (including phenoxy) is 1. The van der Waals surface area contributed by atoms with Crippen molar-refractivity contribution in [3.63, 3.8) is 0 Å².